The highest BCUT2D eigenvalue weighted by Gasteiger charge is 2.33. The average Bonchev–Trinajstić information content (AvgIpc) is 2.68. The molecule has 0 spiro atoms. The minimum absolute atomic E-state index is 0.182. The van der Waals surface area contributed by atoms with Gasteiger partial charge in [0.05, 0.1) is 5.92 Å². The molecule has 1 aliphatic carbocycles. The maximum Gasteiger partial charge on any atom is 0.224 e. The van der Waals surface area contributed by atoms with Crippen LogP contribution in [0.4, 0.5) is 0 Å². The van der Waals surface area contributed by atoms with Crippen LogP contribution in [0.25, 0.3) is 0 Å². The van der Waals surface area contributed by atoms with Crippen molar-refractivity contribution in [1.29, 1.82) is 0 Å². The zero-order chi connectivity index (χ0) is 12.4. The zero-order valence-electron chi connectivity index (χ0n) is 11.3. The molecule has 17 heavy (non-hydrogen) atoms. The second kappa shape index (κ2) is 5.38. The molecular weight excluding hydrogens is 212 g/mol. The van der Waals surface area contributed by atoms with Crippen molar-refractivity contribution in [2.75, 3.05) is 6.54 Å². The standard InChI is InChI=1S/C14H26N2O/c1-9-4-5-13(10(2)8-9)16-14(17)12-6-7-15-11(12)3/h9-13,15H,4-8H2,1-3H3,(H,16,17). The maximum absolute atomic E-state index is 12.2. The lowest BCUT2D eigenvalue weighted by molar-refractivity contribution is -0.126. The highest BCUT2D eigenvalue weighted by molar-refractivity contribution is 5.80. The van der Waals surface area contributed by atoms with Crippen molar-refractivity contribution in [2.45, 2.75) is 58.5 Å². The van der Waals surface area contributed by atoms with Crippen LogP contribution in [0, 0.1) is 17.8 Å². The van der Waals surface area contributed by atoms with E-state index in [1.165, 1.54) is 12.8 Å². The van der Waals surface area contributed by atoms with E-state index >= 15 is 0 Å². The van der Waals surface area contributed by atoms with Crippen LogP contribution in [-0.4, -0.2) is 24.5 Å². The van der Waals surface area contributed by atoms with Gasteiger partial charge in [-0.3, -0.25) is 4.79 Å². The van der Waals surface area contributed by atoms with Crippen molar-refractivity contribution in [1.82, 2.24) is 10.6 Å². The molecule has 5 unspecified atom stereocenters. The van der Waals surface area contributed by atoms with Gasteiger partial charge in [0.15, 0.2) is 0 Å². The summed E-state index contributed by atoms with van der Waals surface area (Å²) >= 11 is 0. The highest BCUT2D eigenvalue weighted by atomic mass is 16.2. The predicted molar refractivity (Wildman–Crippen MR) is 69.7 cm³/mol. The number of hydrogen-bond donors (Lipinski definition) is 2. The van der Waals surface area contributed by atoms with Crippen LogP contribution in [0.5, 0.6) is 0 Å². The molecule has 0 bridgehead atoms. The number of carbonyl (C=O) groups is 1. The molecule has 0 aromatic heterocycles. The number of hydrogen-bond acceptors (Lipinski definition) is 2. The second-order valence-corrected chi connectivity index (χ2v) is 6.15. The molecule has 98 valence electrons. The summed E-state index contributed by atoms with van der Waals surface area (Å²) < 4.78 is 0. The van der Waals surface area contributed by atoms with E-state index in [9.17, 15) is 4.79 Å². The summed E-state index contributed by atoms with van der Waals surface area (Å²) in [6.07, 6.45) is 4.66. The van der Waals surface area contributed by atoms with Gasteiger partial charge in [0.25, 0.3) is 0 Å². The van der Waals surface area contributed by atoms with Gasteiger partial charge < -0.3 is 10.6 Å². The van der Waals surface area contributed by atoms with Crippen LogP contribution >= 0.6 is 0 Å². The Labute approximate surface area is 105 Å². The van der Waals surface area contributed by atoms with E-state index in [2.05, 4.69) is 31.4 Å². The lowest BCUT2D eigenvalue weighted by Crippen LogP contribution is -2.46. The van der Waals surface area contributed by atoms with E-state index in [0.717, 1.165) is 25.3 Å². The van der Waals surface area contributed by atoms with Crippen molar-refractivity contribution in [3.8, 4) is 0 Å². The molecule has 1 heterocycles. The van der Waals surface area contributed by atoms with Crippen LogP contribution < -0.4 is 10.6 Å². The summed E-state index contributed by atoms with van der Waals surface area (Å²) in [5, 5.41) is 6.63. The van der Waals surface area contributed by atoms with E-state index in [0.29, 0.717) is 18.0 Å². The van der Waals surface area contributed by atoms with Crippen molar-refractivity contribution in [2.24, 2.45) is 17.8 Å². The van der Waals surface area contributed by atoms with E-state index < -0.39 is 0 Å². The van der Waals surface area contributed by atoms with Crippen molar-refractivity contribution in [3.05, 3.63) is 0 Å². The van der Waals surface area contributed by atoms with Gasteiger partial charge in [0.1, 0.15) is 0 Å². The molecule has 0 radical (unpaired) electrons. The Morgan fingerprint density at radius 2 is 1.94 bits per heavy atom. The summed E-state index contributed by atoms with van der Waals surface area (Å²) in [5.41, 5.74) is 0. The largest absolute Gasteiger partial charge is 0.353 e. The first-order valence-electron chi connectivity index (χ1n) is 7.11. The SMILES string of the molecule is CC1CCC(NC(=O)C2CCNC2C)C(C)C1. The second-order valence-electron chi connectivity index (χ2n) is 6.15. The molecule has 1 saturated heterocycles. The van der Waals surface area contributed by atoms with Gasteiger partial charge in [-0.2, -0.15) is 0 Å². The molecule has 2 N–H and O–H groups in total. The van der Waals surface area contributed by atoms with Gasteiger partial charge in [0.2, 0.25) is 5.91 Å². The first kappa shape index (κ1) is 12.9. The van der Waals surface area contributed by atoms with Crippen LogP contribution in [0.2, 0.25) is 0 Å². The summed E-state index contributed by atoms with van der Waals surface area (Å²) in [5.74, 6) is 1.91. The third-order valence-electron chi connectivity index (χ3n) is 4.62. The summed E-state index contributed by atoms with van der Waals surface area (Å²) in [6.45, 7) is 7.69. The first-order valence-corrected chi connectivity index (χ1v) is 7.11. The van der Waals surface area contributed by atoms with Crippen molar-refractivity contribution < 1.29 is 4.79 Å². The van der Waals surface area contributed by atoms with Gasteiger partial charge >= 0.3 is 0 Å². The van der Waals surface area contributed by atoms with Crippen LogP contribution in [0.1, 0.15) is 46.5 Å². The predicted octanol–water partition coefficient (Wildman–Crippen LogP) is 1.93. The lowest BCUT2D eigenvalue weighted by atomic mass is 9.79. The van der Waals surface area contributed by atoms with Gasteiger partial charge in [-0.15, -0.1) is 0 Å². The number of carbonyl (C=O) groups excluding carboxylic acids is 1. The third-order valence-corrected chi connectivity index (χ3v) is 4.62. The molecule has 1 aliphatic heterocycles. The monoisotopic (exact) mass is 238 g/mol. The van der Waals surface area contributed by atoms with Crippen LogP contribution in [0.3, 0.4) is 0 Å². The molecule has 3 nitrogen and oxygen atoms in total. The topological polar surface area (TPSA) is 41.1 Å². The normalized spacial score (nSPS) is 42.4. The third kappa shape index (κ3) is 3.01. The zero-order valence-corrected chi connectivity index (χ0v) is 11.3. The Morgan fingerprint density at radius 3 is 2.53 bits per heavy atom. The Hall–Kier alpha value is -0.570. The Bertz CT molecular complexity index is 279. The molecule has 0 aromatic carbocycles. The fraction of sp³-hybridized carbons (Fsp3) is 0.929. The minimum Gasteiger partial charge on any atom is -0.353 e. The smallest absolute Gasteiger partial charge is 0.224 e. The number of rotatable bonds is 2. The minimum atomic E-state index is 0.182. The van der Waals surface area contributed by atoms with Gasteiger partial charge in [-0.1, -0.05) is 13.8 Å². The molecule has 5 atom stereocenters. The molecule has 3 heteroatoms. The summed E-state index contributed by atoms with van der Waals surface area (Å²) in [6, 6.07) is 0.749. The van der Waals surface area contributed by atoms with E-state index in [-0.39, 0.29) is 11.8 Å². The number of nitrogens with one attached hydrogen (secondary N) is 2. The highest BCUT2D eigenvalue weighted by Crippen LogP contribution is 2.29. The van der Waals surface area contributed by atoms with E-state index in [1.807, 2.05) is 0 Å². The molecular formula is C14H26N2O. The Morgan fingerprint density at radius 1 is 1.18 bits per heavy atom. The van der Waals surface area contributed by atoms with Crippen LogP contribution in [0.15, 0.2) is 0 Å². The molecule has 0 aromatic rings. The quantitative estimate of drug-likeness (QED) is 0.772. The molecule has 2 fully saturated rings. The van der Waals surface area contributed by atoms with Crippen LogP contribution in [-0.2, 0) is 4.79 Å². The summed E-state index contributed by atoms with van der Waals surface area (Å²) in [7, 11) is 0. The van der Waals surface area contributed by atoms with Gasteiger partial charge in [0, 0.05) is 12.1 Å². The lowest BCUT2D eigenvalue weighted by Gasteiger charge is -2.34. The van der Waals surface area contributed by atoms with Crippen molar-refractivity contribution in [3.63, 3.8) is 0 Å². The molecule has 1 saturated carbocycles. The Balaban J connectivity index is 1.86. The van der Waals surface area contributed by atoms with E-state index in [4.69, 9.17) is 0 Å². The number of amides is 1. The first-order chi connectivity index (χ1) is 8.08. The summed E-state index contributed by atoms with van der Waals surface area (Å²) in [4.78, 5) is 12.2. The average molecular weight is 238 g/mol. The fourth-order valence-corrected chi connectivity index (χ4v) is 3.39. The van der Waals surface area contributed by atoms with Crippen molar-refractivity contribution >= 4 is 5.91 Å². The van der Waals surface area contributed by atoms with Gasteiger partial charge in [-0.25, -0.2) is 0 Å². The maximum atomic E-state index is 12.2. The van der Waals surface area contributed by atoms with Gasteiger partial charge in [-0.05, 0) is 51.0 Å². The molecule has 1 amide bonds. The fourth-order valence-electron chi connectivity index (χ4n) is 3.39. The molecule has 2 rings (SSSR count). The molecule has 2 aliphatic rings. The van der Waals surface area contributed by atoms with E-state index in [1.54, 1.807) is 0 Å². The Kier molecular flexibility index (Phi) is 4.08.